The van der Waals surface area contributed by atoms with Gasteiger partial charge < -0.3 is 0 Å². The number of halogens is 1. The predicted molar refractivity (Wildman–Crippen MR) is 64.9 cm³/mol. The molecule has 1 saturated carbocycles. The molecular weight excluding hydrogens is 192 g/mol. The van der Waals surface area contributed by atoms with E-state index in [0.717, 1.165) is 18.3 Å². The molecule has 1 unspecified atom stereocenters. The lowest BCUT2D eigenvalue weighted by atomic mass is 9.80. The van der Waals surface area contributed by atoms with Crippen LogP contribution in [0.5, 0.6) is 0 Å². The second-order valence-corrected chi connectivity index (χ2v) is 5.68. The zero-order valence-corrected chi connectivity index (χ0v) is 10.5. The monoisotopic (exact) mass is 216 g/mol. The maximum atomic E-state index is 6.11. The summed E-state index contributed by atoms with van der Waals surface area (Å²) in [6.45, 7) is 4.57. The van der Waals surface area contributed by atoms with Crippen LogP contribution in [0.3, 0.4) is 0 Å². The molecule has 0 aromatic carbocycles. The number of rotatable bonds is 5. The molecule has 0 bridgehead atoms. The lowest BCUT2D eigenvalue weighted by Gasteiger charge is -2.26. The average Bonchev–Trinajstić information content (AvgIpc) is 2.21. The van der Waals surface area contributed by atoms with Gasteiger partial charge in [-0.2, -0.15) is 0 Å². The molecule has 0 aromatic heterocycles. The van der Waals surface area contributed by atoms with Crippen LogP contribution in [0.4, 0.5) is 0 Å². The Morgan fingerprint density at radius 1 is 1.21 bits per heavy atom. The van der Waals surface area contributed by atoms with Crippen LogP contribution in [0, 0.1) is 11.8 Å². The van der Waals surface area contributed by atoms with E-state index in [4.69, 9.17) is 11.6 Å². The molecule has 0 radical (unpaired) electrons. The van der Waals surface area contributed by atoms with Crippen molar-refractivity contribution in [3.63, 3.8) is 0 Å². The fraction of sp³-hybridized carbons (Fsp3) is 1.00. The molecule has 0 heterocycles. The molecule has 0 aromatic rings. The number of hydrogen-bond acceptors (Lipinski definition) is 0. The molecule has 0 saturated heterocycles. The van der Waals surface area contributed by atoms with Crippen molar-refractivity contribution >= 4 is 11.6 Å². The molecule has 1 fully saturated rings. The SMILES string of the molecule is CCC(Cl)CCCC1CCC(C)CC1. The zero-order chi connectivity index (χ0) is 10.4. The third kappa shape index (κ3) is 4.68. The van der Waals surface area contributed by atoms with Gasteiger partial charge >= 0.3 is 0 Å². The molecule has 0 aliphatic heterocycles. The zero-order valence-electron chi connectivity index (χ0n) is 9.77. The minimum absolute atomic E-state index is 0.428. The van der Waals surface area contributed by atoms with Gasteiger partial charge in [0.1, 0.15) is 0 Å². The second-order valence-electron chi connectivity index (χ2n) is 5.06. The van der Waals surface area contributed by atoms with Gasteiger partial charge in [0.15, 0.2) is 0 Å². The Morgan fingerprint density at radius 3 is 2.43 bits per heavy atom. The fourth-order valence-corrected chi connectivity index (χ4v) is 2.60. The summed E-state index contributed by atoms with van der Waals surface area (Å²) in [5.74, 6) is 2.01. The van der Waals surface area contributed by atoms with Crippen molar-refractivity contribution in [3.05, 3.63) is 0 Å². The first-order valence-corrected chi connectivity index (χ1v) is 6.80. The fourth-order valence-electron chi connectivity index (χ4n) is 2.45. The van der Waals surface area contributed by atoms with Crippen molar-refractivity contribution in [2.75, 3.05) is 0 Å². The first kappa shape index (κ1) is 12.4. The van der Waals surface area contributed by atoms with Gasteiger partial charge in [-0.25, -0.2) is 0 Å². The van der Waals surface area contributed by atoms with Crippen LogP contribution in [-0.2, 0) is 0 Å². The maximum Gasteiger partial charge on any atom is 0.0333 e. The van der Waals surface area contributed by atoms with E-state index >= 15 is 0 Å². The number of hydrogen-bond donors (Lipinski definition) is 0. The highest BCUT2D eigenvalue weighted by Gasteiger charge is 2.17. The smallest absolute Gasteiger partial charge is 0.0333 e. The molecule has 1 rings (SSSR count). The Kier molecular flexibility index (Phi) is 5.93. The number of alkyl halides is 1. The van der Waals surface area contributed by atoms with Gasteiger partial charge in [0, 0.05) is 5.38 Å². The van der Waals surface area contributed by atoms with E-state index in [0.29, 0.717) is 5.38 Å². The van der Waals surface area contributed by atoms with Gasteiger partial charge in [0.25, 0.3) is 0 Å². The summed E-state index contributed by atoms with van der Waals surface area (Å²) >= 11 is 6.11. The molecule has 14 heavy (non-hydrogen) atoms. The first-order valence-electron chi connectivity index (χ1n) is 6.36. The Balaban J connectivity index is 2.02. The molecule has 1 atom stereocenters. The van der Waals surface area contributed by atoms with E-state index in [-0.39, 0.29) is 0 Å². The molecule has 1 aliphatic rings. The van der Waals surface area contributed by atoms with Crippen LogP contribution >= 0.6 is 11.6 Å². The quantitative estimate of drug-likeness (QED) is 0.568. The first-order chi connectivity index (χ1) is 6.72. The third-order valence-electron chi connectivity index (χ3n) is 3.71. The molecular formula is C13H25Cl. The van der Waals surface area contributed by atoms with E-state index in [1.165, 1.54) is 44.9 Å². The molecule has 0 nitrogen and oxygen atoms in total. The van der Waals surface area contributed by atoms with E-state index in [9.17, 15) is 0 Å². The van der Waals surface area contributed by atoms with Crippen molar-refractivity contribution in [1.82, 2.24) is 0 Å². The lowest BCUT2D eigenvalue weighted by molar-refractivity contribution is 0.272. The molecule has 1 heteroatoms. The lowest BCUT2D eigenvalue weighted by Crippen LogP contribution is -2.12. The summed E-state index contributed by atoms with van der Waals surface area (Å²) in [5.41, 5.74) is 0. The van der Waals surface area contributed by atoms with Crippen molar-refractivity contribution in [1.29, 1.82) is 0 Å². The Morgan fingerprint density at radius 2 is 1.86 bits per heavy atom. The topological polar surface area (TPSA) is 0 Å². The molecule has 0 N–H and O–H groups in total. The van der Waals surface area contributed by atoms with Gasteiger partial charge in [-0.15, -0.1) is 11.6 Å². The van der Waals surface area contributed by atoms with Gasteiger partial charge in [-0.3, -0.25) is 0 Å². The molecule has 0 amide bonds. The van der Waals surface area contributed by atoms with E-state index in [2.05, 4.69) is 13.8 Å². The summed E-state index contributed by atoms with van der Waals surface area (Å²) in [6, 6.07) is 0. The van der Waals surface area contributed by atoms with Gasteiger partial charge in [-0.1, -0.05) is 52.4 Å². The minimum Gasteiger partial charge on any atom is -0.123 e. The third-order valence-corrected chi connectivity index (χ3v) is 4.23. The van der Waals surface area contributed by atoms with Crippen LogP contribution in [0.1, 0.15) is 65.2 Å². The van der Waals surface area contributed by atoms with Crippen LogP contribution in [0.2, 0.25) is 0 Å². The predicted octanol–water partition coefficient (Wildman–Crippen LogP) is 5.00. The highest BCUT2D eigenvalue weighted by molar-refractivity contribution is 6.20. The maximum absolute atomic E-state index is 6.11. The normalized spacial score (nSPS) is 30.2. The van der Waals surface area contributed by atoms with Gasteiger partial charge in [-0.05, 0) is 24.7 Å². The van der Waals surface area contributed by atoms with E-state index in [1.54, 1.807) is 0 Å². The average molecular weight is 217 g/mol. The van der Waals surface area contributed by atoms with Crippen LogP contribution in [0.25, 0.3) is 0 Å². The van der Waals surface area contributed by atoms with Gasteiger partial charge in [0.05, 0.1) is 0 Å². The van der Waals surface area contributed by atoms with Crippen LogP contribution in [-0.4, -0.2) is 5.38 Å². The summed E-state index contributed by atoms with van der Waals surface area (Å²) in [7, 11) is 0. The summed E-state index contributed by atoms with van der Waals surface area (Å²) in [4.78, 5) is 0. The van der Waals surface area contributed by atoms with E-state index < -0.39 is 0 Å². The Labute approximate surface area is 94.4 Å². The van der Waals surface area contributed by atoms with Crippen molar-refractivity contribution < 1.29 is 0 Å². The summed E-state index contributed by atoms with van der Waals surface area (Å²) in [5, 5.41) is 0.428. The van der Waals surface area contributed by atoms with Crippen LogP contribution < -0.4 is 0 Å². The molecule has 0 spiro atoms. The molecule has 1 aliphatic carbocycles. The van der Waals surface area contributed by atoms with Crippen LogP contribution in [0.15, 0.2) is 0 Å². The summed E-state index contributed by atoms with van der Waals surface area (Å²) in [6.07, 6.45) is 11.0. The standard InChI is InChI=1S/C13H25Cl/c1-3-13(14)6-4-5-12-9-7-11(2)8-10-12/h11-13H,3-10H2,1-2H3. The van der Waals surface area contributed by atoms with Gasteiger partial charge in [0.2, 0.25) is 0 Å². The van der Waals surface area contributed by atoms with E-state index in [1.807, 2.05) is 0 Å². The highest BCUT2D eigenvalue weighted by Crippen LogP contribution is 2.31. The molecule has 84 valence electrons. The minimum atomic E-state index is 0.428. The largest absolute Gasteiger partial charge is 0.123 e. The second kappa shape index (κ2) is 6.71. The Hall–Kier alpha value is 0.290. The van der Waals surface area contributed by atoms with Crippen molar-refractivity contribution in [2.24, 2.45) is 11.8 Å². The Bertz CT molecular complexity index is 136. The van der Waals surface area contributed by atoms with Crippen molar-refractivity contribution in [2.45, 2.75) is 70.6 Å². The highest BCUT2D eigenvalue weighted by atomic mass is 35.5. The summed E-state index contributed by atoms with van der Waals surface area (Å²) < 4.78 is 0. The van der Waals surface area contributed by atoms with Crippen molar-refractivity contribution in [3.8, 4) is 0 Å².